The summed E-state index contributed by atoms with van der Waals surface area (Å²) in [5, 5.41) is 0. The summed E-state index contributed by atoms with van der Waals surface area (Å²) >= 11 is 1.19. The summed E-state index contributed by atoms with van der Waals surface area (Å²) in [7, 11) is 1.31. The zero-order valence-corrected chi connectivity index (χ0v) is 21.5. The van der Waals surface area contributed by atoms with E-state index in [4.69, 9.17) is 9.47 Å². The van der Waals surface area contributed by atoms with Gasteiger partial charge in [0.05, 0.1) is 30.9 Å². The number of hydrogen-bond acceptors (Lipinski definition) is 6. The molecular formula is C26H34N2O5S. The molecule has 1 aliphatic heterocycles. The standard InChI is InChI=1S/C26H34N2O5S/c1-18-6-8-19(9-7-18)24(30)28(17-22(29)27-12-14-33-15-13-27)21-16-20(10-11-26(2,3)4)34-23(21)25(31)32-5/h6,16,19H,7-9,12-15,17H2,1-5H3. The number of nitrogens with zero attached hydrogens (tertiary/aromatic N) is 2. The molecule has 0 radical (unpaired) electrons. The first kappa shape index (κ1) is 26.0. The Bertz CT molecular complexity index is 1020. The van der Waals surface area contributed by atoms with Gasteiger partial charge in [-0.05, 0) is 53.0 Å². The van der Waals surface area contributed by atoms with Crippen molar-refractivity contribution < 1.29 is 23.9 Å². The first-order chi connectivity index (χ1) is 16.1. The Morgan fingerprint density at radius 3 is 2.56 bits per heavy atom. The molecule has 1 aliphatic carbocycles. The molecule has 2 heterocycles. The Morgan fingerprint density at radius 2 is 1.97 bits per heavy atom. The molecule has 7 nitrogen and oxygen atoms in total. The molecule has 184 valence electrons. The first-order valence-electron chi connectivity index (χ1n) is 11.7. The van der Waals surface area contributed by atoms with Gasteiger partial charge in [-0.25, -0.2) is 4.79 Å². The number of amides is 2. The number of esters is 1. The minimum absolute atomic E-state index is 0.134. The number of hydrogen-bond donors (Lipinski definition) is 0. The fourth-order valence-electron chi connectivity index (χ4n) is 3.87. The van der Waals surface area contributed by atoms with E-state index in [-0.39, 0.29) is 34.6 Å². The molecule has 0 N–H and O–H groups in total. The molecule has 1 saturated heterocycles. The zero-order valence-electron chi connectivity index (χ0n) is 20.7. The van der Waals surface area contributed by atoms with Crippen molar-refractivity contribution in [3.8, 4) is 11.8 Å². The lowest BCUT2D eigenvalue weighted by atomic mass is 9.89. The van der Waals surface area contributed by atoms with Crippen LogP contribution in [0.1, 0.15) is 61.5 Å². The van der Waals surface area contributed by atoms with Gasteiger partial charge in [0.25, 0.3) is 0 Å². The van der Waals surface area contributed by atoms with Crippen LogP contribution in [-0.2, 0) is 19.1 Å². The van der Waals surface area contributed by atoms with Crippen LogP contribution in [0.2, 0.25) is 0 Å². The van der Waals surface area contributed by atoms with E-state index in [9.17, 15) is 14.4 Å². The molecule has 0 bridgehead atoms. The van der Waals surface area contributed by atoms with Crippen LogP contribution in [-0.4, -0.2) is 62.6 Å². The summed E-state index contributed by atoms with van der Waals surface area (Å²) in [4.78, 5) is 43.7. The Labute approximate surface area is 206 Å². The highest BCUT2D eigenvalue weighted by Gasteiger charge is 2.33. The summed E-state index contributed by atoms with van der Waals surface area (Å²) in [5.41, 5.74) is 1.45. The number of ether oxygens (including phenoxy) is 2. The zero-order chi connectivity index (χ0) is 24.9. The number of carbonyl (C=O) groups is 3. The molecule has 0 saturated carbocycles. The van der Waals surface area contributed by atoms with Crippen LogP contribution in [0.25, 0.3) is 0 Å². The second-order valence-electron chi connectivity index (χ2n) is 9.76. The number of allylic oxidation sites excluding steroid dienone is 2. The van der Waals surface area contributed by atoms with Gasteiger partial charge in [-0.15, -0.1) is 11.3 Å². The van der Waals surface area contributed by atoms with Crippen LogP contribution in [0.5, 0.6) is 0 Å². The van der Waals surface area contributed by atoms with Crippen molar-refractivity contribution in [2.75, 3.05) is 44.9 Å². The third-order valence-electron chi connectivity index (χ3n) is 5.85. The lowest BCUT2D eigenvalue weighted by Crippen LogP contribution is -2.48. The maximum Gasteiger partial charge on any atom is 0.350 e. The van der Waals surface area contributed by atoms with Crippen LogP contribution >= 0.6 is 11.3 Å². The fraction of sp³-hybridized carbons (Fsp3) is 0.577. The van der Waals surface area contributed by atoms with Crippen molar-refractivity contribution in [2.24, 2.45) is 11.3 Å². The molecule has 1 aromatic heterocycles. The number of anilines is 1. The third kappa shape index (κ3) is 6.71. The molecule has 0 aromatic carbocycles. The van der Waals surface area contributed by atoms with Crippen molar-refractivity contribution in [1.29, 1.82) is 0 Å². The molecule has 1 unspecified atom stereocenters. The monoisotopic (exact) mass is 486 g/mol. The van der Waals surface area contributed by atoms with Crippen molar-refractivity contribution in [3.05, 3.63) is 27.5 Å². The molecule has 1 fully saturated rings. The summed E-state index contributed by atoms with van der Waals surface area (Å²) in [6, 6.07) is 1.74. The van der Waals surface area contributed by atoms with E-state index >= 15 is 0 Å². The Hall–Kier alpha value is -2.63. The Balaban J connectivity index is 2.00. The number of morpholine rings is 1. The predicted molar refractivity (Wildman–Crippen MR) is 133 cm³/mol. The van der Waals surface area contributed by atoms with Crippen molar-refractivity contribution in [3.63, 3.8) is 0 Å². The quantitative estimate of drug-likeness (QED) is 0.359. The second-order valence-corrected chi connectivity index (χ2v) is 10.8. The predicted octanol–water partition coefficient (Wildman–Crippen LogP) is 3.87. The van der Waals surface area contributed by atoms with Crippen molar-refractivity contribution in [2.45, 2.75) is 47.0 Å². The number of methoxy groups -OCH3 is 1. The largest absolute Gasteiger partial charge is 0.465 e. The van der Waals surface area contributed by atoms with Gasteiger partial charge >= 0.3 is 5.97 Å². The minimum atomic E-state index is -0.542. The second kappa shape index (κ2) is 11.2. The van der Waals surface area contributed by atoms with E-state index in [1.165, 1.54) is 28.9 Å². The number of rotatable bonds is 5. The maximum absolute atomic E-state index is 13.7. The normalized spacial score (nSPS) is 18.4. The minimum Gasteiger partial charge on any atom is -0.465 e. The summed E-state index contributed by atoms with van der Waals surface area (Å²) in [6.45, 7) is 9.88. The average molecular weight is 487 g/mol. The van der Waals surface area contributed by atoms with Crippen molar-refractivity contribution in [1.82, 2.24) is 4.90 Å². The van der Waals surface area contributed by atoms with Gasteiger partial charge < -0.3 is 19.3 Å². The van der Waals surface area contributed by atoms with Gasteiger partial charge in [-0.2, -0.15) is 0 Å². The van der Waals surface area contributed by atoms with Crippen LogP contribution in [0.4, 0.5) is 5.69 Å². The summed E-state index contributed by atoms with van der Waals surface area (Å²) in [6.07, 6.45) is 4.28. The maximum atomic E-state index is 13.7. The topological polar surface area (TPSA) is 76.2 Å². The van der Waals surface area contributed by atoms with E-state index in [0.29, 0.717) is 43.3 Å². The molecule has 1 aromatic rings. The van der Waals surface area contributed by atoms with Gasteiger partial charge in [-0.1, -0.05) is 23.5 Å². The van der Waals surface area contributed by atoms with E-state index < -0.39 is 5.97 Å². The smallest absolute Gasteiger partial charge is 0.350 e. The summed E-state index contributed by atoms with van der Waals surface area (Å²) in [5.74, 6) is 5.20. The molecule has 2 amide bonds. The van der Waals surface area contributed by atoms with Crippen LogP contribution in [0.15, 0.2) is 17.7 Å². The lowest BCUT2D eigenvalue weighted by molar-refractivity contribution is -0.135. The highest BCUT2D eigenvalue weighted by molar-refractivity contribution is 7.15. The van der Waals surface area contributed by atoms with Crippen LogP contribution < -0.4 is 4.90 Å². The number of carbonyl (C=O) groups excluding carboxylic acids is 3. The van der Waals surface area contributed by atoms with Gasteiger partial charge in [-0.3, -0.25) is 9.59 Å². The van der Waals surface area contributed by atoms with Gasteiger partial charge in [0.15, 0.2) is 0 Å². The molecule has 3 rings (SSSR count). The Kier molecular flexibility index (Phi) is 8.56. The van der Waals surface area contributed by atoms with Gasteiger partial charge in [0, 0.05) is 24.4 Å². The van der Waals surface area contributed by atoms with E-state index in [1.807, 2.05) is 20.8 Å². The van der Waals surface area contributed by atoms with Crippen molar-refractivity contribution >= 4 is 34.8 Å². The van der Waals surface area contributed by atoms with Crippen LogP contribution in [0, 0.1) is 23.2 Å². The first-order valence-corrected chi connectivity index (χ1v) is 12.5. The molecule has 2 aliphatic rings. The molecule has 8 heteroatoms. The molecular weight excluding hydrogens is 452 g/mol. The SMILES string of the molecule is COC(=O)c1sc(C#CC(C)(C)C)cc1N(CC(=O)N1CCOCC1)C(=O)C1CC=C(C)CC1. The van der Waals surface area contributed by atoms with Gasteiger partial charge in [0.2, 0.25) is 11.8 Å². The summed E-state index contributed by atoms with van der Waals surface area (Å²) < 4.78 is 10.4. The van der Waals surface area contributed by atoms with E-state index in [0.717, 1.165) is 12.8 Å². The third-order valence-corrected chi connectivity index (χ3v) is 6.86. The molecule has 34 heavy (non-hydrogen) atoms. The van der Waals surface area contributed by atoms with Crippen LogP contribution in [0.3, 0.4) is 0 Å². The molecule has 0 spiro atoms. The van der Waals surface area contributed by atoms with E-state index in [1.54, 1.807) is 11.0 Å². The fourth-order valence-corrected chi connectivity index (χ4v) is 4.80. The highest BCUT2D eigenvalue weighted by atomic mass is 32.1. The lowest BCUT2D eigenvalue weighted by Gasteiger charge is -2.32. The average Bonchev–Trinajstić information content (AvgIpc) is 3.25. The Morgan fingerprint density at radius 1 is 1.26 bits per heavy atom. The molecule has 1 atom stereocenters. The van der Waals surface area contributed by atoms with Gasteiger partial charge in [0.1, 0.15) is 11.4 Å². The number of thiophene rings is 1. The van der Waals surface area contributed by atoms with E-state index in [2.05, 4.69) is 24.8 Å². The highest BCUT2D eigenvalue weighted by Crippen LogP contribution is 2.34.